The Balaban J connectivity index is 1.85. The molecule has 1 atom stereocenters. The van der Waals surface area contributed by atoms with Gasteiger partial charge in [0, 0.05) is 19.0 Å². The number of rotatable bonds is 11. The number of anilines is 1. The summed E-state index contributed by atoms with van der Waals surface area (Å²) in [6.45, 7) is 2.20. The Labute approximate surface area is 173 Å². The van der Waals surface area contributed by atoms with Crippen LogP contribution in [-0.2, 0) is 21.2 Å². The minimum Gasteiger partial charge on any atom is -0.495 e. The third kappa shape index (κ3) is 7.42. The lowest BCUT2D eigenvalue weighted by Gasteiger charge is -2.24. The van der Waals surface area contributed by atoms with Gasteiger partial charge in [-0.05, 0) is 43.9 Å². The summed E-state index contributed by atoms with van der Waals surface area (Å²) >= 11 is 0. The molecule has 0 unspecified atom stereocenters. The van der Waals surface area contributed by atoms with Crippen LogP contribution in [0.1, 0.15) is 31.7 Å². The molecule has 0 heterocycles. The first-order valence-electron chi connectivity index (χ1n) is 9.75. The molecule has 0 aliphatic carbocycles. The highest BCUT2D eigenvalue weighted by Crippen LogP contribution is 2.29. The highest BCUT2D eigenvalue weighted by molar-refractivity contribution is 7.92. The fourth-order valence-electron chi connectivity index (χ4n) is 3.13. The van der Waals surface area contributed by atoms with E-state index in [4.69, 9.17) is 4.74 Å². The SMILES string of the molecule is COc1ccccc1N(CCCC(=O)N[C@@H](C)CCc1ccccc1)S(C)(=O)=O. The van der Waals surface area contributed by atoms with Crippen molar-refractivity contribution in [2.45, 2.75) is 38.6 Å². The van der Waals surface area contributed by atoms with E-state index in [0.29, 0.717) is 17.9 Å². The number of nitrogens with one attached hydrogen (secondary N) is 1. The molecule has 0 spiro atoms. The number of hydrogen-bond acceptors (Lipinski definition) is 4. The number of carbonyl (C=O) groups excluding carboxylic acids is 1. The molecule has 29 heavy (non-hydrogen) atoms. The largest absolute Gasteiger partial charge is 0.495 e. The third-order valence-corrected chi connectivity index (χ3v) is 5.82. The van der Waals surface area contributed by atoms with Gasteiger partial charge in [-0.1, -0.05) is 42.5 Å². The highest BCUT2D eigenvalue weighted by atomic mass is 32.2. The van der Waals surface area contributed by atoms with Gasteiger partial charge in [-0.25, -0.2) is 8.42 Å². The van der Waals surface area contributed by atoms with Gasteiger partial charge in [0.1, 0.15) is 5.75 Å². The van der Waals surface area contributed by atoms with Gasteiger partial charge in [0.2, 0.25) is 15.9 Å². The second-order valence-corrected chi connectivity index (χ2v) is 9.01. The maximum atomic E-state index is 12.3. The number of carbonyl (C=O) groups is 1. The van der Waals surface area contributed by atoms with Crippen LogP contribution in [0.2, 0.25) is 0 Å². The van der Waals surface area contributed by atoms with Crippen LogP contribution in [0.25, 0.3) is 0 Å². The van der Waals surface area contributed by atoms with Crippen LogP contribution >= 0.6 is 0 Å². The number of ether oxygens (including phenoxy) is 1. The summed E-state index contributed by atoms with van der Waals surface area (Å²) in [5.41, 5.74) is 1.73. The summed E-state index contributed by atoms with van der Waals surface area (Å²) in [7, 11) is -1.99. The molecule has 1 amide bonds. The van der Waals surface area contributed by atoms with E-state index in [9.17, 15) is 13.2 Å². The Bertz CT molecular complexity index is 885. The lowest BCUT2D eigenvalue weighted by molar-refractivity contribution is -0.121. The predicted molar refractivity (Wildman–Crippen MR) is 117 cm³/mol. The van der Waals surface area contributed by atoms with Gasteiger partial charge in [-0.2, -0.15) is 0 Å². The average Bonchev–Trinajstić information content (AvgIpc) is 2.69. The average molecular weight is 419 g/mol. The number of methoxy groups -OCH3 is 1. The van der Waals surface area contributed by atoms with Crippen molar-refractivity contribution in [1.82, 2.24) is 5.32 Å². The van der Waals surface area contributed by atoms with Crippen molar-refractivity contribution in [3.63, 3.8) is 0 Å². The van der Waals surface area contributed by atoms with Gasteiger partial charge < -0.3 is 10.1 Å². The van der Waals surface area contributed by atoms with Crippen LogP contribution in [0.15, 0.2) is 54.6 Å². The van der Waals surface area contributed by atoms with Crippen molar-refractivity contribution in [2.75, 3.05) is 24.2 Å². The number of benzene rings is 2. The molecule has 158 valence electrons. The molecule has 6 nitrogen and oxygen atoms in total. The second kappa shape index (κ2) is 10.9. The Morgan fingerprint density at radius 1 is 1.10 bits per heavy atom. The molecule has 0 bridgehead atoms. The lowest BCUT2D eigenvalue weighted by atomic mass is 10.1. The fraction of sp³-hybridized carbons (Fsp3) is 0.409. The molecular weight excluding hydrogens is 388 g/mol. The lowest BCUT2D eigenvalue weighted by Crippen LogP contribution is -2.35. The molecule has 0 aliphatic rings. The number of aryl methyl sites for hydroxylation is 1. The zero-order valence-corrected chi connectivity index (χ0v) is 18.1. The van der Waals surface area contributed by atoms with Gasteiger partial charge in [0.25, 0.3) is 0 Å². The van der Waals surface area contributed by atoms with Crippen molar-refractivity contribution >= 4 is 21.6 Å². The van der Waals surface area contributed by atoms with Crippen LogP contribution in [-0.4, -0.2) is 40.3 Å². The summed E-state index contributed by atoms with van der Waals surface area (Å²) in [6.07, 6.45) is 3.59. The topological polar surface area (TPSA) is 75.7 Å². The van der Waals surface area contributed by atoms with Crippen LogP contribution in [0.5, 0.6) is 5.75 Å². The molecule has 0 saturated carbocycles. The van der Waals surface area contributed by atoms with E-state index in [1.165, 1.54) is 17.0 Å². The van der Waals surface area contributed by atoms with Crippen molar-refractivity contribution in [2.24, 2.45) is 0 Å². The number of sulfonamides is 1. The molecule has 0 radical (unpaired) electrons. The maximum absolute atomic E-state index is 12.3. The predicted octanol–water partition coefficient (Wildman–Crippen LogP) is 3.38. The number of hydrogen-bond donors (Lipinski definition) is 1. The van der Waals surface area contributed by atoms with Crippen molar-refractivity contribution in [3.8, 4) is 5.75 Å². The van der Waals surface area contributed by atoms with Crippen LogP contribution < -0.4 is 14.4 Å². The first-order chi connectivity index (χ1) is 13.8. The minimum atomic E-state index is -3.49. The number of amides is 1. The van der Waals surface area contributed by atoms with Crippen molar-refractivity contribution < 1.29 is 17.9 Å². The summed E-state index contributed by atoms with van der Waals surface area (Å²) in [5, 5.41) is 2.99. The molecule has 1 N–H and O–H groups in total. The van der Waals surface area contributed by atoms with Crippen LogP contribution in [0, 0.1) is 0 Å². The first-order valence-corrected chi connectivity index (χ1v) is 11.6. The van der Waals surface area contributed by atoms with Gasteiger partial charge in [0.15, 0.2) is 0 Å². The van der Waals surface area contributed by atoms with E-state index in [0.717, 1.165) is 19.1 Å². The summed E-state index contributed by atoms with van der Waals surface area (Å²) in [4.78, 5) is 12.3. The van der Waals surface area contributed by atoms with Gasteiger partial charge in [0.05, 0.1) is 19.1 Å². The Morgan fingerprint density at radius 2 is 1.76 bits per heavy atom. The molecule has 7 heteroatoms. The van der Waals surface area contributed by atoms with E-state index < -0.39 is 10.0 Å². The van der Waals surface area contributed by atoms with Crippen LogP contribution in [0.3, 0.4) is 0 Å². The van der Waals surface area contributed by atoms with E-state index in [1.54, 1.807) is 24.3 Å². The third-order valence-electron chi connectivity index (χ3n) is 4.64. The van der Waals surface area contributed by atoms with Crippen molar-refractivity contribution in [3.05, 3.63) is 60.2 Å². The summed E-state index contributed by atoms with van der Waals surface area (Å²) < 4.78 is 31.1. The maximum Gasteiger partial charge on any atom is 0.232 e. The highest BCUT2D eigenvalue weighted by Gasteiger charge is 2.21. The number of para-hydroxylation sites is 2. The Hall–Kier alpha value is -2.54. The molecule has 0 saturated heterocycles. The molecule has 0 aromatic heterocycles. The zero-order valence-electron chi connectivity index (χ0n) is 17.3. The summed E-state index contributed by atoms with van der Waals surface area (Å²) in [5.74, 6) is 0.413. The standard InChI is InChI=1S/C22H30N2O4S/c1-18(15-16-19-10-5-4-6-11-19)23-22(25)14-9-17-24(29(3,26)27)20-12-7-8-13-21(20)28-2/h4-8,10-13,18H,9,14-17H2,1-3H3,(H,23,25)/t18-/m0/s1. The normalized spacial score (nSPS) is 12.2. The van der Waals surface area contributed by atoms with E-state index in [2.05, 4.69) is 17.4 Å². The molecule has 2 rings (SSSR count). The Morgan fingerprint density at radius 3 is 2.41 bits per heavy atom. The quantitative estimate of drug-likeness (QED) is 0.607. The fourth-order valence-corrected chi connectivity index (χ4v) is 4.10. The molecule has 0 fully saturated rings. The Kier molecular flexibility index (Phi) is 8.51. The van der Waals surface area contributed by atoms with Gasteiger partial charge in [-0.15, -0.1) is 0 Å². The second-order valence-electron chi connectivity index (χ2n) is 7.10. The van der Waals surface area contributed by atoms with Gasteiger partial charge >= 0.3 is 0 Å². The molecular formula is C22H30N2O4S. The van der Waals surface area contributed by atoms with Crippen LogP contribution in [0.4, 0.5) is 5.69 Å². The number of nitrogens with zero attached hydrogens (tertiary/aromatic N) is 1. The molecule has 2 aromatic carbocycles. The monoisotopic (exact) mass is 418 g/mol. The zero-order chi connectivity index (χ0) is 21.3. The first kappa shape index (κ1) is 22.7. The molecule has 0 aliphatic heterocycles. The van der Waals surface area contributed by atoms with Crippen molar-refractivity contribution in [1.29, 1.82) is 0 Å². The van der Waals surface area contributed by atoms with E-state index in [1.807, 2.05) is 25.1 Å². The smallest absolute Gasteiger partial charge is 0.232 e. The minimum absolute atomic E-state index is 0.0583. The van der Waals surface area contributed by atoms with Gasteiger partial charge in [-0.3, -0.25) is 9.10 Å². The van der Waals surface area contributed by atoms with E-state index >= 15 is 0 Å². The summed E-state index contributed by atoms with van der Waals surface area (Å²) in [6, 6.07) is 17.2. The molecule has 2 aromatic rings. The van der Waals surface area contributed by atoms with E-state index in [-0.39, 0.29) is 24.9 Å².